The molecule has 1 amide bonds. The minimum Gasteiger partial charge on any atom is -0.452 e. The molecule has 0 fully saturated rings. The third kappa shape index (κ3) is 4.51. The second-order valence-corrected chi connectivity index (χ2v) is 7.09. The highest BCUT2D eigenvalue weighted by molar-refractivity contribution is 5.96. The molecule has 0 spiro atoms. The van der Waals surface area contributed by atoms with Gasteiger partial charge in [-0.05, 0) is 43.0 Å². The molecule has 3 rings (SSSR count). The minimum absolute atomic E-state index is 0.00509. The molecular weight excluding hydrogens is 368 g/mol. The Bertz CT molecular complexity index is 1010. The zero-order valence-electron chi connectivity index (χ0n) is 17.0. The number of hydrogen-bond donors (Lipinski definition) is 1. The normalized spacial score (nSPS) is 10.8. The smallest absolute Gasteiger partial charge is 0.342 e. The number of carbonyl (C=O) groups is 2. The molecule has 3 aromatic rings. The summed E-state index contributed by atoms with van der Waals surface area (Å²) >= 11 is 0. The average molecular weight is 392 g/mol. The fourth-order valence-electron chi connectivity index (χ4n) is 3.13. The molecule has 0 aliphatic rings. The van der Waals surface area contributed by atoms with E-state index in [0.29, 0.717) is 17.1 Å². The lowest BCUT2D eigenvalue weighted by Crippen LogP contribution is -2.22. The highest BCUT2D eigenvalue weighted by Crippen LogP contribution is 2.23. The van der Waals surface area contributed by atoms with Crippen LogP contribution in [0, 0.1) is 13.8 Å². The molecule has 0 unspecified atom stereocenters. The number of rotatable bonds is 6. The fraction of sp³-hybridized carbons (Fsp3) is 0.273. The lowest BCUT2D eigenvalue weighted by molar-refractivity contribution is -0.119. The number of anilines is 1. The Morgan fingerprint density at radius 1 is 1.10 bits per heavy atom. The van der Waals surface area contributed by atoms with Crippen LogP contribution in [0.25, 0.3) is 5.82 Å². The van der Waals surface area contributed by atoms with E-state index in [2.05, 4.69) is 15.4 Å². The number of pyridine rings is 1. The van der Waals surface area contributed by atoms with E-state index in [1.807, 2.05) is 64.1 Å². The van der Waals surface area contributed by atoms with Crippen molar-refractivity contribution in [3.8, 4) is 5.82 Å². The predicted octanol–water partition coefficient (Wildman–Crippen LogP) is 3.80. The van der Waals surface area contributed by atoms with Gasteiger partial charge < -0.3 is 10.1 Å². The van der Waals surface area contributed by atoms with Crippen molar-refractivity contribution >= 4 is 17.6 Å². The van der Waals surface area contributed by atoms with Crippen LogP contribution in [-0.4, -0.2) is 33.2 Å². The van der Waals surface area contributed by atoms with Crippen LogP contribution in [0.15, 0.2) is 48.8 Å². The first kappa shape index (κ1) is 20.3. The lowest BCUT2D eigenvalue weighted by atomic mass is 10.1. The summed E-state index contributed by atoms with van der Waals surface area (Å²) in [6.45, 7) is 7.37. The standard InChI is InChI=1S/C22H24N4O3/c1-14(2)21-17(12-24-26(21)18-10-5-6-11-23-18)22(28)29-13-19(27)25-20-15(3)8-7-9-16(20)4/h5-12,14H,13H2,1-4H3,(H,25,27). The van der Waals surface area contributed by atoms with Gasteiger partial charge in [0.15, 0.2) is 12.4 Å². The number of hydrogen-bond acceptors (Lipinski definition) is 5. The molecule has 150 valence electrons. The van der Waals surface area contributed by atoms with Gasteiger partial charge in [0.2, 0.25) is 0 Å². The Hall–Kier alpha value is -3.48. The van der Waals surface area contributed by atoms with Gasteiger partial charge in [-0.2, -0.15) is 5.10 Å². The zero-order valence-corrected chi connectivity index (χ0v) is 17.0. The molecule has 0 bridgehead atoms. The van der Waals surface area contributed by atoms with Crippen LogP contribution in [0.2, 0.25) is 0 Å². The SMILES string of the molecule is Cc1cccc(C)c1NC(=O)COC(=O)c1cnn(-c2ccccn2)c1C(C)C. The summed E-state index contributed by atoms with van der Waals surface area (Å²) in [4.78, 5) is 29.2. The first-order valence-electron chi connectivity index (χ1n) is 9.41. The Kier molecular flexibility index (Phi) is 6.07. The Morgan fingerprint density at radius 3 is 2.45 bits per heavy atom. The molecule has 7 nitrogen and oxygen atoms in total. The Labute approximate surface area is 169 Å². The first-order valence-corrected chi connectivity index (χ1v) is 9.41. The maximum absolute atomic E-state index is 12.6. The van der Waals surface area contributed by atoms with E-state index in [9.17, 15) is 9.59 Å². The summed E-state index contributed by atoms with van der Waals surface area (Å²) < 4.78 is 6.88. The van der Waals surface area contributed by atoms with Gasteiger partial charge in [-0.1, -0.05) is 38.1 Å². The van der Waals surface area contributed by atoms with E-state index in [1.54, 1.807) is 10.9 Å². The van der Waals surface area contributed by atoms with Crippen molar-refractivity contribution in [1.29, 1.82) is 0 Å². The molecule has 2 aromatic heterocycles. The highest BCUT2D eigenvalue weighted by atomic mass is 16.5. The molecule has 0 aliphatic heterocycles. The number of aryl methyl sites for hydroxylation is 2. The maximum atomic E-state index is 12.6. The summed E-state index contributed by atoms with van der Waals surface area (Å²) in [5, 5.41) is 7.11. The second kappa shape index (κ2) is 8.68. The number of para-hydroxylation sites is 1. The van der Waals surface area contributed by atoms with E-state index >= 15 is 0 Å². The van der Waals surface area contributed by atoms with Crippen molar-refractivity contribution < 1.29 is 14.3 Å². The molecule has 0 saturated carbocycles. The van der Waals surface area contributed by atoms with E-state index in [4.69, 9.17) is 4.74 Å². The van der Waals surface area contributed by atoms with E-state index in [1.165, 1.54) is 6.20 Å². The fourth-order valence-corrected chi connectivity index (χ4v) is 3.13. The molecule has 0 radical (unpaired) electrons. The van der Waals surface area contributed by atoms with E-state index in [-0.39, 0.29) is 18.4 Å². The topological polar surface area (TPSA) is 86.1 Å². The summed E-state index contributed by atoms with van der Waals surface area (Å²) in [7, 11) is 0. The Balaban J connectivity index is 1.73. The molecule has 2 heterocycles. The molecule has 1 aromatic carbocycles. The summed E-state index contributed by atoms with van der Waals surface area (Å²) in [6, 6.07) is 11.2. The number of amides is 1. The lowest BCUT2D eigenvalue weighted by Gasteiger charge is -2.13. The van der Waals surface area contributed by atoms with Crippen molar-refractivity contribution in [2.45, 2.75) is 33.6 Å². The van der Waals surface area contributed by atoms with Crippen LogP contribution in [0.4, 0.5) is 5.69 Å². The predicted molar refractivity (Wildman–Crippen MR) is 110 cm³/mol. The number of nitrogens with zero attached hydrogens (tertiary/aromatic N) is 3. The van der Waals surface area contributed by atoms with Crippen molar-refractivity contribution in [1.82, 2.24) is 14.8 Å². The molecule has 1 N–H and O–H groups in total. The number of benzene rings is 1. The number of ether oxygens (including phenoxy) is 1. The van der Waals surface area contributed by atoms with Crippen molar-refractivity contribution in [2.75, 3.05) is 11.9 Å². The zero-order chi connectivity index (χ0) is 21.0. The van der Waals surface area contributed by atoms with Crippen LogP contribution in [-0.2, 0) is 9.53 Å². The van der Waals surface area contributed by atoms with Crippen LogP contribution < -0.4 is 5.32 Å². The van der Waals surface area contributed by atoms with Gasteiger partial charge >= 0.3 is 5.97 Å². The summed E-state index contributed by atoms with van der Waals surface area (Å²) in [5.41, 5.74) is 3.64. The van der Waals surface area contributed by atoms with Crippen molar-refractivity contribution in [2.24, 2.45) is 0 Å². The highest BCUT2D eigenvalue weighted by Gasteiger charge is 2.23. The van der Waals surface area contributed by atoms with Crippen molar-refractivity contribution in [3.05, 3.63) is 71.2 Å². The van der Waals surface area contributed by atoms with Crippen LogP contribution in [0.3, 0.4) is 0 Å². The van der Waals surface area contributed by atoms with Gasteiger partial charge in [0.1, 0.15) is 5.56 Å². The van der Waals surface area contributed by atoms with Gasteiger partial charge in [0.25, 0.3) is 5.91 Å². The molecule has 0 atom stereocenters. The average Bonchev–Trinajstić information content (AvgIpc) is 3.15. The minimum atomic E-state index is -0.590. The molecular formula is C22H24N4O3. The number of carbonyl (C=O) groups excluding carboxylic acids is 2. The number of nitrogens with one attached hydrogen (secondary N) is 1. The maximum Gasteiger partial charge on any atom is 0.342 e. The number of aromatic nitrogens is 3. The summed E-state index contributed by atoms with van der Waals surface area (Å²) in [6.07, 6.45) is 3.12. The number of esters is 1. The molecule has 29 heavy (non-hydrogen) atoms. The molecule has 7 heteroatoms. The summed E-state index contributed by atoms with van der Waals surface area (Å²) in [5.74, 6) is -0.361. The van der Waals surface area contributed by atoms with Crippen LogP contribution >= 0.6 is 0 Å². The second-order valence-electron chi connectivity index (χ2n) is 7.09. The first-order chi connectivity index (χ1) is 13.9. The molecule has 0 saturated heterocycles. The van der Waals surface area contributed by atoms with Gasteiger partial charge in [0.05, 0.1) is 11.9 Å². The van der Waals surface area contributed by atoms with Gasteiger partial charge in [-0.25, -0.2) is 14.5 Å². The third-order valence-electron chi connectivity index (χ3n) is 4.52. The van der Waals surface area contributed by atoms with E-state index in [0.717, 1.165) is 16.8 Å². The van der Waals surface area contributed by atoms with Crippen LogP contribution in [0.1, 0.15) is 46.9 Å². The van der Waals surface area contributed by atoms with E-state index < -0.39 is 5.97 Å². The van der Waals surface area contributed by atoms with Gasteiger partial charge in [-0.3, -0.25) is 4.79 Å². The monoisotopic (exact) mass is 392 g/mol. The van der Waals surface area contributed by atoms with Crippen LogP contribution in [0.5, 0.6) is 0 Å². The quantitative estimate of drug-likeness (QED) is 0.645. The third-order valence-corrected chi connectivity index (χ3v) is 4.52. The van der Waals surface area contributed by atoms with Crippen molar-refractivity contribution in [3.63, 3.8) is 0 Å². The molecule has 0 aliphatic carbocycles. The Morgan fingerprint density at radius 2 is 1.83 bits per heavy atom. The largest absolute Gasteiger partial charge is 0.452 e. The van der Waals surface area contributed by atoms with Gasteiger partial charge in [-0.15, -0.1) is 0 Å². The van der Waals surface area contributed by atoms with Gasteiger partial charge in [0, 0.05) is 11.9 Å².